The molecular weight excluding hydrogens is 188 g/mol. The summed E-state index contributed by atoms with van der Waals surface area (Å²) in [5.41, 5.74) is 2.52. The number of hydrogen-bond acceptors (Lipinski definition) is 3. The highest BCUT2D eigenvalue weighted by Gasteiger charge is 2.11. The predicted octanol–water partition coefficient (Wildman–Crippen LogP) is 1.72. The molecule has 0 atom stereocenters. The molecule has 0 aliphatic rings. The van der Waals surface area contributed by atoms with E-state index in [1.165, 1.54) is 0 Å². The molecule has 13 heavy (non-hydrogen) atoms. The van der Waals surface area contributed by atoms with Crippen molar-refractivity contribution in [1.82, 2.24) is 4.98 Å². The third-order valence-corrected chi connectivity index (χ3v) is 2.34. The van der Waals surface area contributed by atoms with Crippen LogP contribution in [0.2, 0.25) is 5.15 Å². The van der Waals surface area contributed by atoms with E-state index in [-0.39, 0.29) is 11.8 Å². The molecule has 0 aliphatic carbocycles. The molecule has 3 nitrogen and oxygen atoms in total. The summed E-state index contributed by atoms with van der Waals surface area (Å²) in [5, 5.41) is 17.8. The van der Waals surface area contributed by atoms with Gasteiger partial charge in [-0.15, -0.1) is 0 Å². The van der Waals surface area contributed by atoms with Crippen molar-refractivity contribution in [3.63, 3.8) is 0 Å². The van der Waals surface area contributed by atoms with Crippen molar-refractivity contribution in [2.75, 3.05) is 0 Å². The van der Waals surface area contributed by atoms with Crippen LogP contribution in [0.4, 0.5) is 0 Å². The van der Waals surface area contributed by atoms with E-state index in [0.29, 0.717) is 11.3 Å². The van der Waals surface area contributed by atoms with Gasteiger partial charge in [0.25, 0.3) is 0 Å². The standard InChI is InChI=1S/C9H9ClN2O/c1-5-6(2)8(4-13)12-9(10)7(5)3-11/h13H,4H2,1-2H3. The lowest BCUT2D eigenvalue weighted by Gasteiger charge is -2.07. The van der Waals surface area contributed by atoms with Crippen molar-refractivity contribution >= 4 is 11.6 Å². The Morgan fingerprint density at radius 2 is 2.08 bits per heavy atom. The molecule has 0 amide bonds. The fourth-order valence-corrected chi connectivity index (χ4v) is 1.39. The summed E-state index contributed by atoms with van der Waals surface area (Å²) in [7, 11) is 0. The summed E-state index contributed by atoms with van der Waals surface area (Å²) in [6.45, 7) is 3.45. The molecule has 1 rings (SSSR count). The van der Waals surface area contributed by atoms with Gasteiger partial charge in [-0.05, 0) is 25.0 Å². The van der Waals surface area contributed by atoms with Gasteiger partial charge in [-0.25, -0.2) is 4.98 Å². The molecule has 68 valence electrons. The zero-order valence-electron chi connectivity index (χ0n) is 7.43. The molecule has 0 fully saturated rings. The summed E-state index contributed by atoms with van der Waals surface area (Å²) in [4.78, 5) is 3.92. The first-order valence-electron chi connectivity index (χ1n) is 3.78. The highest BCUT2D eigenvalue weighted by molar-refractivity contribution is 6.30. The molecule has 0 unspecified atom stereocenters. The van der Waals surface area contributed by atoms with Crippen molar-refractivity contribution in [2.45, 2.75) is 20.5 Å². The zero-order valence-corrected chi connectivity index (χ0v) is 8.18. The van der Waals surface area contributed by atoms with Gasteiger partial charge >= 0.3 is 0 Å². The lowest BCUT2D eigenvalue weighted by molar-refractivity contribution is 0.276. The predicted molar refractivity (Wildman–Crippen MR) is 49.4 cm³/mol. The van der Waals surface area contributed by atoms with Gasteiger partial charge in [0.05, 0.1) is 17.9 Å². The monoisotopic (exact) mass is 196 g/mol. The second-order valence-corrected chi connectivity index (χ2v) is 3.10. The average Bonchev–Trinajstić information content (AvgIpc) is 2.12. The molecular formula is C9H9ClN2O. The molecule has 0 saturated carbocycles. The average molecular weight is 197 g/mol. The largest absolute Gasteiger partial charge is 0.390 e. The van der Waals surface area contributed by atoms with Gasteiger partial charge in [-0.2, -0.15) is 5.26 Å². The maximum absolute atomic E-state index is 8.93. The fourth-order valence-electron chi connectivity index (χ4n) is 1.10. The zero-order chi connectivity index (χ0) is 10.0. The van der Waals surface area contributed by atoms with Crippen LogP contribution in [0.1, 0.15) is 22.4 Å². The fraction of sp³-hybridized carbons (Fsp3) is 0.333. The first-order chi connectivity index (χ1) is 6.11. The molecule has 0 radical (unpaired) electrons. The summed E-state index contributed by atoms with van der Waals surface area (Å²) in [6.07, 6.45) is 0. The Bertz CT molecular complexity index is 381. The lowest BCUT2D eigenvalue weighted by Crippen LogP contribution is -2.00. The molecule has 1 heterocycles. The van der Waals surface area contributed by atoms with Gasteiger partial charge in [-0.1, -0.05) is 11.6 Å². The van der Waals surface area contributed by atoms with E-state index in [1.54, 1.807) is 6.92 Å². The highest BCUT2D eigenvalue weighted by Crippen LogP contribution is 2.21. The Balaban J connectivity index is 3.48. The molecule has 0 aromatic carbocycles. The Morgan fingerprint density at radius 1 is 1.46 bits per heavy atom. The van der Waals surface area contributed by atoms with Crippen LogP contribution in [-0.2, 0) is 6.61 Å². The maximum Gasteiger partial charge on any atom is 0.147 e. The van der Waals surface area contributed by atoms with Crippen molar-refractivity contribution in [3.05, 3.63) is 27.5 Å². The van der Waals surface area contributed by atoms with Crippen LogP contribution in [-0.4, -0.2) is 10.1 Å². The minimum atomic E-state index is -0.155. The topological polar surface area (TPSA) is 56.9 Å². The number of aliphatic hydroxyl groups excluding tert-OH is 1. The van der Waals surface area contributed by atoms with Gasteiger partial charge in [0, 0.05) is 0 Å². The number of rotatable bonds is 1. The van der Waals surface area contributed by atoms with E-state index in [0.717, 1.165) is 11.1 Å². The van der Waals surface area contributed by atoms with Gasteiger partial charge in [0.2, 0.25) is 0 Å². The third-order valence-electron chi connectivity index (χ3n) is 2.07. The molecule has 0 bridgehead atoms. The summed E-state index contributed by atoms with van der Waals surface area (Å²) in [5.74, 6) is 0. The van der Waals surface area contributed by atoms with Crippen molar-refractivity contribution in [3.8, 4) is 6.07 Å². The Kier molecular flexibility index (Phi) is 2.86. The number of nitriles is 1. The Morgan fingerprint density at radius 3 is 2.54 bits per heavy atom. The number of aliphatic hydroxyl groups is 1. The van der Waals surface area contributed by atoms with Crippen LogP contribution in [0.3, 0.4) is 0 Å². The maximum atomic E-state index is 8.93. The second kappa shape index (κ2) is 3.73. The quantitative estimate of drug-likeness (QED) is 0.696. The van der Waals surface area contributed by atoms with E-state index in [4.69, 9.17) is 22.0 Å². The van der Waals surface area contributed by atoms with Crippen LogP contribution in [0.5, 0.6) is 0 Å². The molecule has 0 spiro atoms. The van der Waals surface area contributed by atoms with Crippen LogP contribution in [0.15, 0.2) is 0 Å². The van der Waals surface area contributed by atoms with Crippen LogP contribution in [0.25, 0.3) is 0 Å². The first kappa shape index (κ1) is 9.97. The second-order valence-electron chi connectivity index (χ2n) is 2.74. The van der Waals surface area contributed by atoms with E-state index in [1.807, 2.05) is 13.0 Å². The lowest BCUT2D eigenvalue weighted by atomic mass is 10.1. The molecule has 4 heteroatoms. The van der Waals surface area contributed by atoms with Gasteiger partial charge in [0.15, 0.2) is 0 Å². The molecule has 0 aliphatic heterocycles. The summed E-state index contributed by atoms with van der Waals surface area (Å²) >= 11 is 5.74. The molecule has 1 aromatic rings. The molecule has 1 N–H and O–H groups in total. The van der Waals surface area contributed by atoms with Crippen molar-refractivity contribution in [1.29, 1.82) is 5.26 Å². The van der Waals surface area contributed by atoms with Crippen LogP contribution in [0, 0.1) is 25.2 Å². The SMILES string of the molecule is Cc1c(CO)nc(Cl)c(C#N)c1C. The number of hydrogen-bond donors (Lipinski definition) is 1. The smallest absolute Gasteiger partial charge is 0.147 e. The van der Waals surface area contributed by atoms with E-state index >= 15 is 0 Å². The number of pyridine rings is 1. The summed E-state index contributed by atoms with van der Waals surface area (Å²) < 4.78 is 0. The number of nitrogens with zero attached hydrogens (tertiary/aromatic N) is 2. The van der Waals surface area contributed by atoms with E-state index in [2.05, 4.69) is 4.98 Å². The Labute approximate surface area is 81.6 Å². The summed E-state index contributed by atoms with van der Waals surface area (Å²) in [6, 6.07) is 1.98. The minimum absolute atomic E-state index is 0.155. The van der Waals surface area contributed by atoms with Crippen molar-refractivity contribution < 1.29 is 5.11 Å². The number of aromatic nitrogens is 1. The van der Waals surface area contributed by atoms with Gasteiger partial charge < -0.3 is 5.11 Å². The molecule has 0 saturated heterocycles. The highest BCUT2D eigenvalue weighted by atomic mass is 35.5. The minimum Gasteiger partial charge on any atom is -0.390 e. The van der Waals surface area contributed by atoms with Crippen LogP contribution >= 0.6 is 11.6 Å². The third kappa shape index (κ3) is 1.64. The Hall–Kier alpha value is -1.11. The van der Waals surface area contributed by atoms with Crippen LogP contribution < -0.4 is 0 Å². The first-order valence-corrected chi connectivity index (χ1v) is 4.16. The normalized spacial score (nSPS) is 9.77. The van der Waals surface area contributed by atoms with E-state index < -0.39 is 0 Å². The molecule has 1 aromatic heterocycles. The number of halogens is 1. The van der Waals surface area contributed by atoms with Gasteiger partial charge in [-0.3, -0.25) is 0 Å². The van der Waals surface area contributed by atoms with E-state index in [9.17, 15) is 0 Å². The van der Waals surface area contributed by atoms with Gasteiger partial charge in [0.1, 0.15) is 11.2 Å². The van der Waals surface area contributed by atoms with Crippen molar-refractivity contribution in [2.24, 2.45) is 0 Å².